The van der Waals surface area contributed by atoms with Crippen molar-refractivity contribution in [3.05, 3.63) is 0 Å². The van der Waals surface area contributed by atoms with E-state index in [1.165, 1.54) is 12.8 Å². The fourth-order valence-electron chi connectivity index (χ4n) is 2.43. The molecule has 0 bridgehead atoms. The third-order valence-corrected chi connectivity index (χ3v) is 3.64. The molecule has 0 aliphatic carbocycles. The summed E-state index contributed by atoms with van der Waals surface area (Å²) in [5.74, 6) is 1.33. The number of carbonyl (C=O) groups excluding carboxylic acids is 1. The predicted molar refractivity (Wildman–Crippen MR) is 78.4 cm³/mol. The fraction of sp³-hybridized carbons (Fsp3) is 0.933. The first-order valence-electron chi connectivity index (χ1n) is 7.54. The molecule has 0 aromatic heterocycles. The van der Waals surface area contributed by atoms with Crippen LogP contribution < -0.4 is 11.1 Å². The minimum atomic E-state index is 0.202. The van der Waals surface area contributed by atoms with Crippen molar-refractivity contribution in [2.75, 3.05) is 6.54 Å². The van der Waals surface area contributed by atoms with Crippen LogP contribution in [0.2, 0.25) is 0 Å². The predicted octanol–water partition coefficient (Wildman–Crippen LogP) is 3.08. The van der Waals surface area contributed by atoms with Gasteiger partial charge >= 0.3 is 0 Å². The minimum absolute atomic E-state index is 0.202. The van der Waals surface area contributed by atoms with E-state index in [1.807, 2.05) is 0 Å². The highest BCUT2D eigenvalue weighted by atomic mass is 16.1. The molecule has 2 atom stereocenters. The van der Waals surface area contributed by atoms with Crippen LogP contribution in [0.15, 0.2) is 0 Å². The van der Waals surface area contributed by atoms with E-state index in [9.17, 15) is 4.79 Å². The van der Waals surface area contributed by atoms with Gasteiger partial charge in [-0.05, 0) is 37.6 Å². The van der Waals surface area contributed by atoms with Crippen LogP contribution in [0.5, 0.6) is 0 Å². The van der Waals surface area contributed by atoms with E-state index < -0.39 is 0 Å². The van der Waals surface area contributed by atoms with Crippen molar-refractivity contribution in [3.8, 4) is 0 Å². The van der Waals surface area contributed by atoms with Crippen molar-refractivity contribution in [1.82, 2.24) is 5.32 Å². The van der Waals surface area contributed by atoms with Crippen molar-refractivity contribution in [2.24, 2.45) is 17.6 Å². The first-order valence-corrected chi connectivity index (χ1v) is 7.54. The summed E-state index contributed by atoms with van der Waals surface area (Å²) >= 11 is 0. The Kier molecular flexibility index (Phi) is 10.0. The third kappa shape index (κ3) is 7.70. The second-order valence-corrected chi connectivity index (χ2v) is 5.60. The zero-order chi connectivity index (χ0) is 14.0. The zero-order valence-corrected chi connectivity index (χ0v) is 12.7. The summed E-state index contributed by atoms with van der Waals surface area (Å²) in [6.45, 7) is 9.36. The third-order valence-electron chi connectivity index (χ3n) is 3.64. The lowest BCUT2D eigenvalue weighted by Gasteiger charge is -2.21. The number of rotatable bonds is 10. The van der Waals surface area contributed by atoms with Gasteiger partial charge in [0.2, 0.25) is 5.91 Å². The van der Waals surface area contributed by atoms with Gasteiger partial charge in [0.1, 0.15) is 0 Å². The molecule has 1 amide bonds. The Balaban J connectivity index is 3.99. The Morgan fingerprint density at radius 2 is 1.83 bits per heavy atom. The lowest BCUT2D eigenvalue weighted by atomic mass is 9.94. The highest BCUT2D eigenvalue weighted by Gasteiger charge is 2.15. The van der Waals surface area contributed by atoms with E-state index in [2.05, 4.69) is 33.0 Å². The summed E-state index contributed by atoms with van der Waals surface area (Å²) < 4.78 is 0. The van der Waals surface area contributed by atoms with Gasteiger partial charge in [-0.1, -0.05) is 40.5 Å². The van der Waals surface area contributed by atoms with Gasteiger partial charge in [-0.2, -0.15) is 0 Å². The molecule has 0 aliphatic rings. The Hall–Kier alpha value is -0.570. The molecule has 108 valence electrons. The molecular weight excluding hydrogens is 224 g/mol. The number of nitrogens with two attached hydrogens (primary N) is 1. The summed E-state index contributed by atoms with van der Waals surface area (Å²) in [5.41, 5.74) is 5.61. The number of amides is 1. The lowest BCUT2D eigenvalue weighted by Crippen LogP contribution is -2.38. The van der Waals surface area contributed by atoms with Crippen LogP contribution in [0.25, 0.3) is 0 Å². The van der Waals surface area contributed by atoms with Gasteiger partial charge in [-0.25, -0.2) is 0 Å². The average Bonchev–Trinajstić information content (AvgIpc) is 2.33. The van der Waals surface area contributed by atoms with Crippen molar-refractivity contribution in [2.45, 2.75) is 72.3 Å². The molecule has 0 heterocycles. The van der Waals surface area contributed by atoms with Crippen molar-refractivity contribution in [3.63, 3.8) is 0 Å². The molecule has 2 unspecified atom stereocenters. The molecular formula is C15H32N2O. The molecule has 0 saturated carbocycles. The Morgan fingerprint density at radius 1 is 1.17 bits per heavy atom. The molecule has 0 fully saturated rings. The zero-order valence-electron chi connectivity index (χ0n) is 12.7. The van der Waals surface area contributed by atoms with E-state index in [0.717, 1.165) is 25.8 Å². The summed E-state index contributed by atoms with van der Waals surface area (Å²) in [6.07, 6.45) is 6.04. The van der Waals surface area contributed by atoms with Crippen LogP contribution in [0.3, 0.4) is 0 Å². The molecule has 3 N–H and O–H groups in total. The van der Waals surface area contributed by atoms with Gasteiger partial charge in [-0.3, -0.25) is 4.79 Å². The highest BCUT2D eigenvalue weighted by Crippen LogP contribution is 2.17. The summed E-state index contributed by atoms with van der Waals surface area (Å²) in [7, 11) is 0. The van der Waals surface area contributed by atoms with Crippen molar-refractivity contribution in [1.29, 1.82) is 0 Å². The first-order chi connectivity index (χ1) is 8.54. The van der Waals surface area contributed by atoms with E-state index in [4.69, 9.17) is 5.73 Å². The molecule has 0 spiro atoms. The second-order valence-electron chi connectivity index (χ2n) is 5.60. The Labute approximate surface area is 113 Å². The first kappa shape index (κ1) is 17.4. The molecule has 18 heavy (non-hydrogen) atoms. The maximum atomic E-state index is 11.9. The Morgan fingerprint density at radius 3 is 2.28 bits per heavy atom. The van der Waals surface area contributed by atoms with Gasteiger partial charge in [0.15, 0.2) is 0 Å². The monoisotopic (exact) mass is 256 g/mol. The maximum absolute atomic E-state index is 11.9. The van der Waals surface area contributed by atoms with E-state index in [-0.39, 0.29) is 5.91 Å². The second kappa shape index (κ2) is 10.4. The fourth-order valence-corrected chi connectivity index (χ4v) is 2.43. The largest absolute Gasteiger partial charge is 0.353 e. The quantitative estimate of drug-likeness (QED) is 0.631. The summed E-state index contributed by atoms with van der Waals surface area (Å²) in [6, 6.07) is 0.316. The van der Waals surface area contributed by atoms with Gasteiger partial charge in [0, 0.05) is 12.5 Å². The standard InChI is InChI=1S/C15H32N2O/c1-5-7-13(10-11-16)8-9-15(18)17-14(6-2)12(3)4/h12-14H,5-11,16H2,1-4H3,(H,17,18). The maximum Gasteiger partial charge on any atom is 0.220 e. The van der Waals surface area contributed by atoms with Crippen LogP contribution in [-0.2, 0) is 4.79 Å². The molecule has 0 rings (SSSR count). The SMILES string of the molecule is CCCC(CCN)CCC(=O)NC(CC)C(C)C. The minimum Gasteiger partial charge on any atom is -0.353 e. The van der Waals surface area contributed by atoms with Gasteiger partial charge in [0.25, 0.3) is 0 Å². The normalized spacial score (nSPS) is 14.6. The molecule has 0 radical (unpaired) electrons. The highest BCUT2D eigenvalue weighted by molar-refractivity contribution is 5.76. The van der Waals surface area contributed by atoms with E-state index in [0.29, 0.717) is 24.3 Å². The molecule has 0 aromatic rings. The summed E-state index contributed by atoms with van der Waals surface area (Å²) in [5, 5.41) is 3.14. The Bertz CT molecular complexity index is 211. The molecule has 0 aliphatic heterocycles. The van der Waals surface area contributed by atoms with Crippen LogP contribution in [0, 0.1) is 11.8 Å². The van der Waals surface area contributed by atoms with Crippen molar-refractivity contribution < 1.29 is 4.79 Å². The molecule has 0 saturated heterocycles. The molecule has 0 aromatic carbocycles. The van der Waals surface area contributed by atoms with Crippen LogP contribution in [-0.4, -0.2) is 18.5 Å². The lowest BCUT2D eigenvalue weighted by molar-refractivity contribution is -0.122. The van der Waals surface area contributed by atoms with E-state index in [1.54, 1.807) is 0 Å². The van der Waals surface area contributed by atoms with Gasteiger partial charge in [0.05, 0.1) is 0 Å². The van der Waals surface area contributed by atoms with Crippen LogP contribution in [0.1, 0.15) is 66.2 Å². The number of carbonyl (C=O) groups is 1. The van der Waals surface area contributed by atoms with Crippen molar-refractivity contribution >= 4 is 5.91 Å². The summed E-state index contributed by atoms with van der Waals surface area (Å²) in [4.78, 5) is 11.9. The van der Waals surface area contributed by atoms with Gasteiger partial charge < -0.3 is 11.1 Å². The number of hydrogen-bond donors (Lipinski definition) is 2. The number of hydrogen-bond acceptors (Lipinski definition) is 2. The smallest absolute Gasteiger partial charge is 0.220 e. The van der Waals surface area contributed by atoms with Gasteiger partial charge in [-0.15, -0.1) is 0 Å². The van der Waals surface area contributed by atoms with Crippen LogP contribution >= 0.6 is 0 Å². The molecule has 3 heteroatoms. The topological polar surface area (TPSA) is 55.1 Å². The van der Waals surface area contributed by atoms with Crippen LogP contribution in [0.4, 0.5) is 0 Å². The number of nitrogens with one attached hydrogen (secondary N) is 1. The average molecular weight is 256 g/mol. The van der Waals surface area contributed by atoms with E-state index >= 15 is 0 Å². The molecule has 3 nitrogen and oxygen atoms in total.